The van der Waals surface area contributed by atoms with Gasteiger partial charge in [0, 0.05) is 0 Å². The number of hydrogen-bond donors (Lipinski definition) is 2. The van der Waals surface area contributed by atoms with Gasteiger partial charge in [0.15, 0.2) is 0 Å². The summed E-state index contributed by atoms with van der Waals surface area (Å²) >= 11 is 0. The number of benzene rings is 1. The SMILES string of the molecule is C/C=C\C=C(/C)c1cccc(NO)c1. The maximum Gasteiger partial charge on any atom is 0.0608 e. The van der Waals surface area contributed by atoms with Crippen molar-refractivity contribution in [3.8, 4) is 0 Å². The summed E-state index contributed by atoms with van der Waals surface area (Å²) in [4.78, 5) is 0. The van der Waals surface area contributed by atoms with E-state index in [9.17, 15) is 0 Å². The molecule has 0 spiro atoms. The summed E-state index contributed by atoms with van der Waals surface area (Å²) in [5, 5.41) is 8.74. The van der Waals surface area contributed by atoms with E-state index in [4.69, 9.17) is 5.21 Å². The fourth-order valence-electron chi connectivity index (χ4n) is 1.17. The molecule has 0 atom stereocenters. The van der Waals surface area contributed by atoms with E-state index in [1.807, 2.05) is 56.3 Å². The Balaban J connectivity index is 2.95. The second kappa shape index (κ2) is 5.25. The van der Waals surface area contributed by atoms with E-state index in [1.165, 1.54) is 5.57 Å². The molecule has 0 aromatic heterocycles. The van der Waals surface area contributed by atoms with Gasteiger partial charge in [-0.05, 0) is 37.1 Å². The average molecular weight is 189 g/mol. The van der Waals surface area contributed by atoms with Crippen molar-refractivity contribution in [2.24, 2.45) is 0 Å². The van der Waals surface area contributed by atoms with Crippen LogP contribution in [0.2, 0.25) is 0 Å². The van der Waals surface area contributed by atoms with Gasteiger partial charge in [0.1, 0.15) is 0 Å². The molecule has 1 aromatic carbocycles. The zero-order chi connectivity index (χ0) is 10.4. The highest BCUT2D eigenvalue weighted by Crippen LogP contribution is 2.17. The molecule has 0 bridgehead atoms. The van der Waals surface area contributed by atoms with Crippen LogP contribution in [0, 0.1) is 0 Å². The van der Waals surface area contributed by atoms with Crippen LogP contribution in [0.1, 0.15) is 19.4 Å². The molecule has 0 aliphatic heterocycles. The maximum absolute atomic E-state index is 8.74. The van der Waals surface area contributed by atoms with Crippen molar-refractivity contribution in [2.45, 2.75) is 13.8 Å². The number of anilines is 1. The lowest BCUT2D eigenvalue weighted by atomic mass is 10.1. The van der Waals surface area contributed by atoms with Gasteiger partial charge in [-0.3, -0.25) is 10.7 Å². The molecular formula is C12H15NO. The lowest BCUT2D eigenvalue weighted by molar-refractivity contribution is 0.389. The fraction of sp³-hybridized carbons (Fsp3) is 0.167. The average Bonchev–Trinajstić information content (AvgIpc) is 2.26. The number of rotatable bonds is 3. The summed E-state index contributed by atoms with van der Waals surface area (Å²) in [5.74, 6) is 0. The van der Waals surface area contributed by atoms with Crippen LogP contribution in [0.5, 0.6) is 0 Å². The predicted molar refractivity (Wildman–Crippen MR) is 60.3 cm³/mol. The first kappa shape index (κ1) is 10.5. The molecule has 14 heavy (non-hydrogen) atoms. The summed E-state index contributed by atoms with van der Waals surface area (Å²) in [6, 6.07) is 7.62. The van der Waals surface area contributed by atoms with Crippen LogP contribution in [0.15, 0.2) is 42.5 Å². The van der Waals surface area contributed by atoms with E-state index < -0.39 is 0 Å². The highest BCUT2D eigenvalue weighted by Gasteiger charge is 1.95. The molecule has 1 aromatic rings. The van der Waals surface area contributed by atoms with Crippen molar-refractivity contribution in [2.75, 3.05) is 5.48 Å². The van der Waals surface area contributed by atoms with Crippen molar-refractivity contribution in [3.63, 3.8) is 0 Å². The van der Waals surface area contributed by atoms with Gasteiger partial charge in [0.2, 0.25) is 0 Å². The lowest BCUT2D eigenvalue weighted by Crippen LogP contribution is -1.89. The van der Waals surface area contributed by atoms with Gasteiger partial charge in [0.05, 0.1) is 5.69 Å². The van der Waals surface area contributed by atoms with E-state index >= 15 is 0 Å². The van der Waals surface area contributed by atoms with E-state index in [0.29, 0.717) is 5.69 Å². The normalized spacial score (nSPS) is 12.1. The number of hydrogen-bond acceptors (Lipinski definition) is 2. The first-order valence-electron chi connectivity index (χ1n) is 4.58. The van der Waals surface area contributed by atoms with Crippen molar-refractivity contribution >= 4 is 11.3 Å². The van der Waals surface area contributed by atoms with Crippen molar-refractivity contribution in [1.29, 1.82) is 0 Å². The van der Waals surface area contributed by atoms with E-state index in [-0.39, 0.29) is 0 Å². The molecule has 0 saturated carbocycles. The first-order valence-corrected chi connectivity index (χ1v) is 4.58. The monoisotopic (exact) mass is 189 g/mol. The van der Waals surface area contributed by atoms with Crippen LogP contribution < -0.4 is 5.48 Å². The molecule has 2 heteroatoms. The van der Waals surface area contributed by atoms with Crippen molar-refractivity contribution < 1.29 is 5.21 Å². The summed E-state index contributed by atoms with van der Waals surface area (Å²) < 4.78 is 0. The first-order chi connectivity index (χ1) is 6.77. The predicted octanol–water partition coefficient (Wildman–Crippen LogP) is 3.47. The van der Waals surface area contributed by atoms with Crippen LogP contribution in [-0.2, 0) is 0 Å². The molecule has 74 valence electrons. The molecule has 0 radical (unpaired) electrons. The maximum atomic E-state index is 8.74. The molecule has 0 amide bonds. The molecule has 2 nitrogen and oxygen atoms in total. The third-order valence-corrected chi connectivity index (χ3v) is 1.99. The Morgan fingerprint density at radius 2 is 2.21 bits per heavy atom. The van der Waals surface area contributed by atoms with Crippen LogP contribution in [0.4, 0.5) is 5.69 Å². The van der Waals surface area contributed by atoms with Crippen LogP contribution >= 0.6 is 0 Å². The Morgan fingerprint density at radius 3 is 2.86 bits per heavy atom. The summed E-state index contributed by atoms with van der Waals surface area (Å²) in [5.41, 5.74) is 5.10. The second-order valence-corrected chi connectivity index (χ2v) is 3.07. The molecule has 0 aliphatic carbocycles. The molecule has 0 fully saturated rings. The Bertz CT molecular complexity index is 353. The lowest BCUT2D eigenvalue weighted by Gasteiger charge is -2.03. The summed E-state index contributed by atoms with van der Waals surface area (Å²) in [6.45, 7) is 4.02. The molecule has 0 unspecified atom stereocenters. The second-order valence-electron chi connectivity index (χ2n) is 3.07. The molecule has 0 saturated heterocycles. The van der Waals surface area contributed by atoms with E-state index in [1.54, 1.807) is 0 Å². The van der Waals surface area contributed by atoms with E-state index in [0.717, 1.165) is 5.56 Å². The Kier molecular flexibility index (Phi) is 3.95. The largest absolute Gasteiger partial charge is 0.291 e. The number of nitrogens with one attached hydrogen (secondary N) is 1. The Hall–Kier alpha value is -1.54. The zero-order valence-electron chi connectivity index (χ0n) is 8.49. The van der Waals surface area contributed by atoms with Gasteiger partial charge >= 0.3 is 0 Å². The van der Waals surface area contributed by atoms with Gasteiger partial charge in [-0.15, -0.1) is 0 Å². The fourth-order valence-corrected chi connectivity index (χ4v) is 1.17. The summed E-state index contributed by atoms with van der Waals surface area (Å²) in [7, 11) is 0. The van der Waals surface area contributed by atoms with Crippen LogP contribution in [0.3, 0.4) is 0 Å². The zero-order valence-corrected chi connectivity index (χ0v) is 8.49. The topological polar surface area (TPSA) is 32.3 Å². The molecule has 0 heterocycles. The third kappa shape index (κ3) is 2.75. The highest BCUT2D eigenvalue weighted by atomic mass is 16.5. The molecule has 1 rings (SSSR count). The van der Waals surface area contributed by atoms with Crippen LogP contribution in [0.25, 0.3) is 5.57 Å². The Morgan fingerprint density at radius 1 is 1.43 bits per heavy atom. The summed E-state index contributed by atoms with van der Waals surface area (Å²) in [6.07, 6.45) is 6.02. The van der Waals surface area contributed by atoms with Gasteiger partial charge < -0.3 is 0 Å². The third-order valence-electron chi connectivity index (χ3n) is 1.99. The quantitative estimate of drug-likeness (QED) is 0.563. The molecular weight excluding hydrogens is 174 g/mol. The van der Waals surface area contributed by atoms with Gasteiger partial charge in [-0.25, -0.2) is 0 Å². The minimum absolute atomic E-state index is 0.704. The standard InChI is InChI=1S/C12H15NO/c1-3-4-6-10(2)11-7-5-8-12(9-11)13-14/h3-9,13-14H,1-2H3/b4-3-,10-6+. The highest BCUT2D eigenvalue weighted by molar-refractivity contribution is 5.68. The Labute approximate surface area is 84.5 Å². The molecule has 2 N–H and O–H groups in total. The van der Waals surface area contributed by atoms with Gasteiger partial charge in [0.25, 0.3) is 0 Å². The van der Waals surface area contributed by atoms with Crippen LogP contribution in [-0.4, -0.2) is 5.21 Å². The van der Waals surface area contributed by atoms with Gasteiger partial charge in [-0.2, -0.15) is 0 Å². The minimum Gasteiger partial charge on any atom is -0.291 e. The van der Waals surface area contributed by atoms with Gasteiger partial charge in [-0.1, -0.05) is 30.4 Å². The molecule has 0 aliphatic rings. The minimum atomic E-state index is 0.704. The smallest absolute Gasteiger partial charge is 0.0608 e. The van der Waals surface area contributed by atoms with Crippen molar-refractivity contribution in [3.05, 3.63) is 48.1 Å². The number of allylic oxidation sites excluding steroid dienone is 4. The van der Waals surface area contributed by atoms with Crippen molar-refractivity contribution in [1.82, 2.24) is 0 Å². The van der Waals surface area contributed by atoms with E-state index in [2.05, 4.69) is 5.48 Å².